The number of likely N-dealkylation sites (tertiary alicyclic amines) is 1. The van der Waals surface area contributed by atoms with Crippen LogP contribution in [0.5, 0.6) is 0 Å². The van der Waals surface area contributed by atoms with Gasteiger partial charge in [-0.05, 0) is 43.3 Å². The first-order valence-corrected chi connectivity index (χ1v) is 8.24. The van der Waals surface area contributed by atoms with E-state index in [1.807, 2.05) is 0 Å². The molecule has 23 heavy (non-hydrogen) atoms. The van der Waals surface area contributed by atoms with Crippen LogP contribution in [0.25, 0.3) is 0 Å². The van der Waals surface area contributed by atoms with Crippen molar-refractivity contribution in [3.05, 3.63) is 36.0 Å². The highest BCUT2D eigenvalue weighted by atomic mass is 19.1. The molecule has 1 heterocycles. The van der Waals surface area contributed by atoms with Gasteiger partial charge >= 0.3 is 0 Å². The summed E-state index contributed by atoms with van der Waals surface area (Å²) in [7, 11) is 2.14. The molecular weight excluding hydrogens is 289 g/mol. The molecule has 1 rings (SSSR count). The maximum absolute atomic E-state index is 12.1. The molecule has 0 amide bonds. The van der Waals surface area contributed by atoms with E-state index in [2.05, 4.69) is 62.5 Å². The first-order valence-electron chi connectivity index (χ1n) is 8.24. The number of halogens is 1. The Bertz CT molecular complexity index is 515. The Morgan fingerprint density at radius 2 is 2.13 bits per heavy atom. The Hall–Kier alpha value is -1.55. The van der Waals surface area contributed by atoms with E-state index in [0.717, 1.165) is 31.5 Å². The van der Waals surface area contributed by atoms with Gasteiger partial charge < -0.3 is 4.90 Å². The minimum atomic E-state index is -0.238. The number of amidine groups is 1. The van der Waals surface area contributed by atoms with Crippen molar-refractivity contribution in [2.24, 2.45) is 16.3 Å². The third kappa shape index (κ3) is 7.04. The first kappa shape index (κ1) is 19.5. The lowest BCUT2D eigenvalue weighted by atomic mass is 9.83. The van der Waals surface area contributed by atoms with Crippen molar-refractivity contribution in [2.45, 2.75) is 40.0 Å². The molecule has 1 unspecified atom stereocenters. The second-order valence-corrected chi connectivity index (χ2v) is 7.08. The minimum Gasteiger partial charge on any atom is -0.306 e. The lowest BCUT2D eigenvalue weighted by Crippen LogP contribution is -2.17. The van der Waals surface area contributed by atoms with E-state index in [9.17, 15) is 4.39 Å². The zero-order chi connectivity index (χ0) is 17.5. The van der Waals surface area contributed by atoms with Crippen molar-refractivity contribution in [1.82, 2.24) is 4.90 Å². The van der Waals surface area contributed by atoms with E-state index in [-0.39, 0.29) is 17.7 Å². The molecule has 0 radical (unpaired) electrons. The Kier molecular flexibility index (Phi) is 7.56. The topological polar surface area (TPSA) is 39.5 Å². The van der Waals surface area contributed by atoms with Crippen molar-refractivity contribution >= 4 is 12.3 Å². The van der Waals surface area contributed by atoms with E-state index in [0.29, 0.717) is 12.3 Å². The van der Waals surface area contributed by atoms with Gasteiger partial charge in [-0.25, -0.2) is 4.99 Å². The molecule has 0 aromatic carbocycles. The highest BCUT2D eigenvalue weighted by Crippen LogP contribution is 2.31. The van der Waals surface area contributed by atoms with Gasteiger partial charge in [0.05, 0.1) is 0 Å². The third-order valence-electron chi connectivity index (χ3n) is 4.21. The van der Waals surface area contributed by atoms with Gasteiger partial charge in [-0.3, -0.25) is 5.41 Å². The highest BCUT2D eigenvalue weighted by molar-refractivity contribution is 5.85. The van der Waals surface area contributed by atoms with Crippen LogP contribution in [-0.4, -0.2) is 37.3 Å². The molecule has 1 aliphatic rings. The van der Waals surface area contributed by atoms with Crippen molar-refractivity contribution in [2.75, 3.05) is 20.1 Å². The van der Waals surface area contributed by atoms with Crippen molar-refractivity contribution in [1.29, 1.82) is 5.41 Å². The molecule has 1 fully saturated rings. The fourth-order valence-electron chi connectivity index (χ4n) is 2.88. The highest BCUT2D eigenvalue weighted by Gasteiger charge is 2.25. The summed E-state index contributed by atoms with van der Waals surface area (Å²) < 4.78 is 12.1. The lowest BCUT2D eigenvalue weighted by Gasteiger charge is -2.23. The van der Waals surface area contributed by atoms with Gasteiger partial charge in [-0.1, -0.05) is 51.2 Å². The number of hydrogen-bond donors (Lipinski definition) is 1. The molecule has 3 nitrogen and oxygen atoms in total. The van der Waals surface area contributed by atoms with E-state index in [4.69, 9.17) is 5.41 Å². The average Bonchev–Trinajstić information content (AvgIpc) is 2.89. The SMILES string of the molecule is C=C(/C=C\C(=C/C(C)(C)CC(=N)N=CF)C1CCN(C)C1)CC. The van der Waals surface area contributed by atoms with E-state index in [1.54, 1.807) is 0 Å². The molecule has 0 bridgehead atoms. The molecule has 1 N–H and O–H groups in total. The van der Waals surface area contributed by atoms with Crippen LogP contribution in [0.2, 0.25) is 0 Å². The van der Waals surface area contributed by atoms with Crippen molar-refractivity contribution < 1.29 is 4.39 Å². The monoisotopic (exact) mass is 319 g/mol. The fraction of sp³-hybridized carbons (Fsp3) is 0.579. The van der Waals surface area contributed by atoms with Crippen molar-refractivity contribution in [3.63, 3.8) is 0 Å². The van der Waals surface area contributed by atoms with Crippen LogP contribution in [0.15, 0.2) is 40.9 Å². The van der Waals surface area contributed by atoms with Gasteiger partial charge in [0.1, 0.15) is 5.84 Å². The molecule has 1 atom stereocenters. The summed E-state index contributed by atoms with van der Waals surface area (Å²) in [5.41, 5.74) is 2.15. The molecule has 0 aromatic rings. The number of rotatable bonds is 7. The average molecular weight is 319 g/mol. The molecule has 0 spiro atoms. The molecule has 128 valence electrons. The molecule has 0 saturated carbocycles. The maximum Gasteiger partial charge on any atom is 0.177 e. The Morgan fingerprint density at radius 3 is 2.65 bits per heavy atom. The Labute approximate surface area is 140 Å². The molecule has 4 heteroatoms. The number of aliphatic imine (C=N–C) groups is 1. The van der Waals surface area contributed by atoms with E-state index < -0.39 is 0 Å². The third-order valence-corrected chi connectivity index (χ3v) is 4.21. The Balaban J connectivity index is 2.98. The second-order valence-electron chi connectivity index (χ2n) is 7.08. The summed E-state index contributed by atoms with van der Waals surface area (Å²) in [4.78, 5) is 5.77. The predicted octanol–water partition coefficient (Wildman–Crippen LogP) is 4.78. The van der Waals surface area contributed by atoms with Crippen LogP contribution >= 0.6 is 0 Å². The fourth-order valence-corrected chi connectivity index (χ4v) is 2.88. The minimum absolute atomic E-state index is 0.0681. The summed E-state index contributed by atoms with van der Waals surface area (Å²) in [5.74, 6) is 0.567. The molecular formula is C19H30FN3. The van der Waals surface area contributed by atoms with Crippen LogP contribution in [-0.2, 0) is 0 Å². The lowest BCUT2D eigenvalue weighted by molar-refractivity contribution is 0.404. The number of nitrogens with zero attached hydrogens (tertiary/aromatic N) is 2. The zero-order valence-electron chi connectivity index (χ0n) is 14.9. The Morgan fingerprint density at radius 1 is 1.43 bits per heavy atom. The van der Waals surface area contributed by atoms with Crippen LogP contribution in [0.1, 0.15) is 40.0 Å². The van der Waals surface area contributed by atoms with Crippen molar-refractivity contribution in [3.8, 4) is 0 Å². The maximum atomic E-state index is 12.1. The normalized spacial score (nSPS) is 20.7. The largest absolute Gasteiger partial charge is 0.306 e. The van der Waals surface area contributed by atoms with Gasteiger partial charge in [0.15, 0.2) is 6.47 Å². The molecule has 0 aromatic heterocycles. The summed E-state index contributed by atoms with van der Waals surface area (Å²) in [6, 6.07) is 0. The number of nitrogens with one attached hydrogen (secondary N) is 1. The van der Waals surface area contributed by atoms with Gasteiger partial charge in [0.25, 0.3) is 0 Å². The van der Waals surface area contributed by atoms with Gasteiger partial charge in [-0.2, -0.15) is 4.39 Å². The predicted molar refractivity (Wildman–Crippen MR) is 98.0 cm³/mol. The smallest absolute Gasteiger partial charge is 0.177 e. The van der Waals surface area contributed by atoms with Gasteiger partial charge in [0, 0.05) is 13.0 Å². The number of hydrogen-bond acceptors (Lipinski definition) is 2. The van der Waals surface area contributed by atoms with Crippen LogP contribution < -0.4 is 0 Å². The van der Waals surface area contributed by atoms with Crippen LogP contribution in [0.4, 0.5) is 4.39 Å². The summed E-state index contributed by atoms with van der Waals surface area (Å²) >= 11 is 0. The van der Waals surface area contributed by atoms with E-state index in [1.165, 1.54) is 5.57 Å². The van der Waals surface area contributed by atoms with Crippen LogP contribution in [0.3, 0.4) is 0 Å². The van der Waals surface area contributed by atoms with E-state index >= 15 is 0 Å². The number of allylic oxidation sites excluding steroid dienone is 4. The van der Waals surface area contributed by atoms with Gasteiger partial charge in [0.2, 0.25) is 0 Å². The molecule has 1 saturated heterocycles. The quantitative estimate of drug-likeness (QED) is 0.409. The summed E-state index contributed by atoms with van der Waals surface area (Å²) in [6.07, 6.45) is 8.97. The summed E-state index contributed by atoms with van der Waals surface area (Å²) in [5, 5.41) is 7.72. The van der Waals surface area contributed by atoms with Gasteiger partial charge in [-0.15, -0.1) is 0 Å². The molecule has 1 aliphatic heterocycles. The van der Waals surface area contributed by atoms with Crippen LogP contribution in [0, 0.1) is 16.7 Å². The second kappa shape index (κ2) is 8.92. The summed E-state index contributed by atoms with van der Waals surface area (Å²) in [6.45, 7) is 12.6. The standard InChI is InChI=1S/C19H30FN3/c1-6-15(2)7-8-16(17-9-10-23(5)13-17)11-19(3,4)12-18(21)22-14-20/h7-8,11,14,17,21H,2,6,9-10,12-13H2,1,3-5H3/b8-7-,16-11+,21-18?,22-14?. The molecule has 0 aliphatic carbocycles. The zero-order valence-corrected chi connectivity index (χ0v) is 14.9. The first-order chi connectivity index (χ1) is 10.8.